The molecule has 0 fully saturated rings. The molecule has 1 nitrogen and oxygen atoms in total. The van der Waals surface area contributed by atoms with Gasteiger partial charge in [0.2, 0.25) is 5.95 Å². The predicted octanol–water partition coefficient (Wildman–Crippen LogP) is 2.82. The molecule has 12 heavy (non-hydrogen) atoms. The lowest BCUT2D eigenvalue weighted by atomic mass is 10.2. The Morgan fingerprint density at radius 3 is 3.08 bits per heavy atom. The maximum atomic E-state index is 12.8. The second-order valence-corrected chi connectivity index (χ2v) is 2.92. The zero-order chi connectivity index (χ0) is 8.97. The molecule has 0 aromatic carbocycles. The number of hydrogen-bond acceptors (Lipinski definition) is 2. The molecule has 0 aliphatic heterocycles. The van der Waals surface area contributed by atoms with Crippen LogP contribution in [0.2, 0.25) is 5.02 Å². The Morgan fingerprint density at radius 1 is 1.67 bits per heavy atom. The molecule has 0 bridgehead atoms. The normalized spacial score (nSPS) is 10.9. The summed E-state index contributed by atoms with van der Waals surface area (Å²) in [6, 6.07) is 1.52. The summed E-state index contributed by atoms with van der Waals surface area (Å²) in [6.07, 6.45) is 4.59. The van der Waals surface area contributed by atoms with Gasteiger partial charge in [-0.15, -0.1) is 0 Å². The molecule has 0 spiro atoms. The molecule has 1 rings (SSSR count). The Balaban J connectivity index is 2.97. The fourth-order valence-corrected chi connectivity index (χ4v) is 1.01. The summed E-state index contributed by atoms with van der Waals surface area (Å²) in [5, 5.41) is 0.426. The van der Waals surface area contributed by atoms with E-state index in [4.69, 9.17) is 11.6 Å². The first-order valence-corrected chi connectivity index (χ1v) is 4.33. The van der Waals surface area contributed by atoms with Crippen LogP contribution in [0.1, 0.15) is 5.56 Å². The number of pyridine rings is 1. The minimum Gasteiger partial charge on any atom is -0.226 e. The highest BCUT2D eigenvalue weighted by atomic mass is 35.5. The summed E-state index contributed by atoms with van der Waals surface area (Å²) in [7, 11) is 0. The molecule has 0 N–H and O–H groups in total. The Kier molecular flexibility index (Phi) is 3.56. The van der Waals surface area contributed by atoms with Gasteiger partial charge in [-0.1, -0.05) is 23.8 Å². The molecule has 64 valence electrons. The average molecular weight is 204 g/mol. The van der Waals surface area contributed by atoms with Crippen LogP contribution < -0.4 is 0 Å². The number of hydrogen-bond donors (Lipinski definition) is 1. The maximum absolute atomic E-state index is 12.8. The van der Waals surface area contributed by atoms with E-state index in [0.29, 0.717) is 16.3 Å². The lowest BCUT2D eigenvalue weighted by Crippen LogP contribution is -1.86. The first-order chi connectivity index (χ1) is 5.74. The molecule has 0 unspecified atom stereocenters. The van der Waals surface area contributed by atoms with Gasteiger partial charge < -0.3 is 0 Å². The molecule has 0 radical (unpaired) electrons. The van der Waals surface area contributed by atoms with Gasteiger partial charge >= 0.3 is 0 Å². The fraction of sp³-hybridized carbons (Fsp3) is 0.125. The van der Waals surface area contributed by atoms with Crippen molar-refractivity contribution >= 4 is 30.3 Å². The second kappa shape index (κ2) is 4.48. The van der Waals surface area contributed by atoms with Crippen LogP contribution in [0.3, 0.4) is 0 Å². The van der Waals surface area contributed by atoms with Crippen LogP contribution in [0.5, 0.6) is 0 Å². The third-order valence-electron chi connectivity index (χ3n) is 1.24. The summed E-state index contributed by atoms with van der Waals surface area (Å²) in [4.78, 5) is 3.46. The molecule has 0 saturated carbocycles. The van der Waals surface area contributed by atoms with Crippen LogP contribution in [-0.4, -0.2) is 10.7 Å². The Morgan fingerprint density at radius 2 is 2.42 bits per heavy atom. The lowest BCUT2D eigenvalue weighted by molar-refractivity contribution is 0.581. The van der Waals surface area contributed by atoms with E-state index in [1.807, 2.05) is 0 Å². The van der Waals surface area contributed by atoms with Crippen molar-refractivity contribution in [1.82, 2.24) is 4.98 Å². The van der Waals surface area contributed by atoms with Gasteiger partial charge in [0.05, 0.1) is 5.02 Å². The van der Waals surface area contributed by atoms with E-state index in [2.05, 4.69) is 17.6 Å². The Hall–Kier alpha value is -0.540. The van der Waals surface area contributed by atoms with Crippen LogP contribution in [0, 0.1) is 5.95 Å². The summed E-state index contributed by atoms with van der Waals surface area (Å²) < 4.78 is 12.8. The van der Waals surface area contributed by atoms with Crippen molar-refractivity contribution < 1.29 is 4.39 Å². The third-order valence-corrected chi connectivity index (χ3v) is 1.65. The number of rotatable bonds is 2. The largest absolute Gasteiger partial charge is 0.226 e. The van der Waals surface area contributed by atoms with E-state index < -0.39 is 5.95 Å². The fourth-order valence-electron chi connectivity index (χ4n) is 0.735. The van der Waals surface area contributed by atoms with Crippen molar-refractivity contribution in [3.05, 3.63) is 34.9 Å². The van der Waals surface area contributed by atoms with E-state index in [9.17, 15) is 4.39 Å². The van der Waals surface area contributed by atoms with Crippen LogP contribution >= 0.6 is 24.2 Å². The second-order valence-electron chi connectivity index (χ2n) is 2.12. The molecule has 4 heteroatoms. The van der Waals surface area contributed by atoms with Gasteiger partial charge in [-0.25, -0.2) is 4.98 Å². The third kappa shape index (κ3) is 2.50. The van der Waals surface area contributed by atoms with Crippen LogP contribution in [0.25, 0.3) is 6.08 Å². The van der Waals surface area contributed by atoms with Gasteiger partial charge in [-0.05, 0) is 6.07 Å². The van der Waals surface area contributed by atoms with E-state index in [1.165, 1.54) is 12.3 Å². The van der Waals surface area contributed by atoms with Gasteiger partial charge in [0.15, 0.2) is 0 Å². The maximum Gasteiger partial charge on any atom is 0.220 e. The first-order valence-electron chi connectivity index (χ1n) is 3.32. The van der Waals surface area contributed by atoms with E-state index in [1.54, 1.807) is 12.2 Å². The zero-order valence-electron chi connectivity index (χ0n) is 6.17. The highest BCUT2D eigenvalue weighted by molar-refractivity contribution is 7.80. The number of nitrogens with zero attached hydrogens (tertiary/aromatic N) is 1. The van der Waals surface area contributed by atoms with Crippen LogP contribution in [0.15, 0.2) is 18.3 Å². The minimum atomic E-state index is -0.516. The van der Waals surface area contributed by atoms with Crippen molar-refractivity contribution in [3.8, 4) is 0 Å². The first kappa shape index (κ1) is 9.55. The molecule has 1 aromatic heterocycles. The van der Waals surface area contributed by atoms with Crippen LogP contribution in [-0.2, 0) is 0 Å². The summed E-state index contributed by atoms with van der Waals surface area (Å²) in [6.45, 7) is 0. The van der Waals surface area contributed by atoms with Gasteiger partial charge in [-0.2, -0.15) is 17.0 Å². The standard InChI is InChI=1S/C8H7ClFNS/c9-7-4-6(2-1-3-12)8(10)11-5-7/h1-2,4-5,12H,3H2. The highest BCUT2D eigenvalue weighted by Gasteiger charge is 1.99. The Labute approximate surface area is 80.7 Å². The van der Waals surface area contributed by atoms with Crippen molar-refractivity contribution in [2.24, 2.45) is 0 Å². The van der Waals surface area contributed by atoms with Crippen molar-refractivity contribution in [2.45, 2.75) is 0 Å². The highest BCUT2D eigenvalue weighted by Crippen LogP contribution is 2.13. The summed E-state index contributed by atoms with van der Waals surface area (Å²) in [5.74, 6) is 0.0452. The SMILES string of the molecule is Fc1ncc(Cl)cc1C=CCS. The topological polar surface area (TPSA) is 12.9 Å². The summed E-state index contributed by atoms with van der Waals surface area (Å²) in [5.41, 5.74) is 0.386. The molecule has 0 atom stereocenters. The lowest BCUT2D eigenvalue weighted by Gasteiger charge is -1.95. The zero-order valence-corrected chi connectivity index (χ0v) is 7.82. The predicted molar refractivity (Wildman–Crippen MR) is 52.1 cm³/mol. The van der Waals surface area contributed by atoms with Gasteiger partial charge in [0.1, 0.15) is 0 Å². The molecule has 0 aliphatic rings. The molecule has 0 aliphatic carbocycles. The smallest absolute Gasteiger partial charge is 0.220 e. The minimum absolute atomic E-state index is 0.386. The molecule has 1 aromatic rings. The Bertz CT molecular complexity index is 301. The van der Waals surface area contributed by atoms with Gasteiger partial charge in [0.25, 0.3) is 0 Å². The van der Waals surface area contributed by atoms with Gasteiger partial charge in [-0.3, -0.25) is 0 Å². The monoisotopic (exact) mass is 203 g/mol. The average Bonchev–Trinajstić information content (AvgIpc) is 2.07. The number of thiol groups is 1. The quantitative estimate of drug-likeness (QED) is 0.576. The number of halogens is 2. The molecular formula is C8H7ClFNS. The van der Waals surface area contributed by atoms with Gasteiger partial charge in [0, 0.05) is 17.5 Å². The van der Waals surface area contributed by atoms with Crippen molar-refractivity contribution in [3.63, 3.8) is 0 Å². The van der Waals surface area contributed by atoms with Crippen molar-refractivity contribution in [1.29, 1.82) is 0 Å². The van der Waals surface area contributed by atoms with E-state index in [-0.39, 0.29) is 0 Å². The van der Waals surface area contributed by atoms with E-state index >= 15 is 0 Å². The molecule has 0 saturated heterocycles. The van der Waals surface area contributed by atoms with Crippen LogP contribution in [0.4, 0.5) is 4.39 Å². The number of aromatic nitrogens is 1. The van der Waals surface area contributed by atoms with E-state index in [0.717, 1.165) is 0 Å². The molecule has 0 amide bonds. The summed E-state index contributed by atoms with van der Waals surface area (Å²) >= 11 is 9.56. The molecular weight excluding hydrogens is 197 g/mol. The molecule has 1 heterocycles. The van der Waals surface area contributed by atoms with Crippen molar-refractivity contribution in [2.75, 3.05) is 5.75 Å².